The Kier molecular flexibility index (Phi) is 4.33. The van der Waals surface area contributed by atoms with Gasteiger partial charge in [-0.2, -0.15) is 0 Å². The average molecular weight is 366 g/mol. The molecule has 3 nitrogen and oxygen atoms in total. The van der Waals surface area contributed by atoms with Crippen molar-refractivity contribution < 1.29 is 0 Å². The minimum Gasteiger partial charge on any atom is -0.229 e. The van der Waals surface area contributed by atoms with Crippen molar-refractivity contribution in [3.8, 4) is 0 Å². The number of benzene rings is 1. The summed E-state index contributed by atoms with van der Waals surface area (Å²) in [6, 6.07) is 10.1. The first-order chi connectivity index (χ1) is 9.74. The molecule has 3 rings (SSSR count). The van der Waals surface area contributed by atoms with E-state index in [0.29, 0.717) is 0 Å². The Morgan fingerprint density at radius 3 is 2.85 bits per heavy atom. The van der Waals surface area contributed by atoms with E-state index < -0.39 is 0 Å². The maximum Gasteiger partial charge on any atom is 0.157 e. The van der Waals surface area contributed by atoms with Gasteiger partial charge in [0.05, 0.1) is 10.2 Å². The normalized spacial score (nSPS) is 11.1. The van der Waals surface area contributed by atoms with Crippen LogP contribution in [-0.2, 0) is 6.42 Å². The van der Waals surface area contributed by atoms with Gasteiger partial charge in [-0.1, -0.05) is 19.1 Å². The fraction of sp³-hybridized carbons (Fsp3) is 0.214. The van der Waals surface area contributed by atoms with Crippen molar-refractivity contribution in [1.82, 2.24) is 15.0 Å². The van der Waals surface area contributed by atoms with Gasteiger partial charge >= 0.3 is 0 Å². The zero-order valence-corrected chi connectivity index (χ0v) is 14.1. The van der Waals surface area contributed by atoms with Crippen LogP contribution in [0.2, 0.25) is 0 Å². The summed E-state index contributed by atoms with van der Waals surface area (Å²) in [4.78, 5) is 13.6. The van der Waals surface area contributed by atoms with Gasteiger partial charge in [0, 0.05) is 12.5 Å². The van der Waals surface area contributed by atoms with Gasteiger partial charge in [0.25, 0.3) is 0 Å². The fourth-order valence-electron chi connectivity index (χ4n) is 1.81. The lowest BCUT2D eigenvalue weighted by molar-refractivity contribution is 0.803. The maximum absolute atomic E-state index is 4.62. The van der Waals surface area contributed by atoms with Crippen LogP contribution < -0.4 is 0 Å². The summed E-state index contributed by atoms with van der Waals surface area (Å²) < 4.78 is 3.05. The molecule has 0 radical (unpaired) electrons. The van der Waals surface area contributed by atoms with Crippen LogP contribution in [-0.4, -0.2) is 15.0 Å². The number of thiazole rings is 1. The molecular formula is C14H12BrN3S2. The number of hydrogen-bond donors (Lipinski definition) is 0. The van der Waals surface area contributed by atoms with Crippen molar-refractivity contribution in [2.24, 2.45) is 0 Å². The predicted octanol–water partition coefficient (Wildman–Crippen LogP) is 4.95. The lowest BCUT2D eigenvalue weighted by Gasteiger charge is -2.02. The van der Waals surface area contributed by atoms with Crippen molar-refractivity contribution in [3.05, 3.63) is 40.8 Å². The van der Waals surface area contributed by atoms with E-state index in [0.717, 1.165) is 38.2 Å². The van der Waals surface area contributed by atoms with Gasteiger partial charge in [0.15, 0.2) is 4.34 Å². The number of aromatic nitrogens is 3. The SMILES string of the molecule is CCCc1nc(Br)cc(Sc2nc3ccccc3s2)n1. The number of hydrogen-bond acceptors (Lipinski definition) is 5. The minimum absolute atomic E-state index is 0.833. The van der Waals surface area contributed by atoms with Crippen LogP contribution in [0, 0.1) is 0 Å². The molecule has 0 spiro atoms. The molecule has 0 aliphatic heterocycles. The van der Waals surface area contributed by atoms with Crippen LogP contribution in [0.5, 0.6) is 0 Å². The lowest BCUT2D eigenvalue weighted by atomic mass is 10.3. The second-order valence-electron chi connectivity index (χ2n) is 4.24. The summed E-state index contributed by atoms with van der Waals surface area (Å²) in [6.45, 7) is 2.13. The summed E-state index contributed by atoms with van der Waals surface area (Å²) in [5.41, 5.74) is 1.04. The molecule has 0 atom stereocenters. The molecule has 0 aliphatic carbocycles. The number of fused-ring (bicyclic) bond motifs is 1. The third-order valence-electron chi connectivity index (χ3n) is 2.66. The van der Waals surface area contributed by atoms with Gasteiger partial charge in [-0.15, -0.1) is 11.3 Å². The average Bonchev–Trinajstić information content (AvgIpc) is 2.80. The molecule has 2 aromatic heterocycles. The van der Waals surface area contributed by atoms with E-state index in [9.17, 15) is 0 Å². The molecule has 0 bridgehead atoms. The van der Waals surface area contributed by atoms with E-state index in [4.69, 9.17) is 0 Å². The zero-order valence-electron chi connectivity index (χ0n) is 10.8. The molecule has 20 heavy (non-hydrogen) atoms. The Morgan fingerprint density at radius 2 is 2.05 bits per heavy atom. The van der Waals surface area contributed by atoms with Crippen LogP contribution in [0.4, 0.5) is 0 Å². The van der Waals surface area contributed by atoms with Gasteiger partial charge in [0.2, 0.25) is 0 Å². The van der Waals surface area contributed by atoms with Crippen molar-refractivity contribution in [2.45, 2.75) is 29.1 Å². The highest BCUT2D eigenvalue weighted by Crippen LogP contribution is 2.34. The van der Waals surface area contributed by atoms with Crippen LogP contribution in [0.3, 0.4) is 0 Å². The molecule has 0 amide bonds. The lowest BCUT2D eigenvalue weighted by Crippen LogP contribution is -1.96. The number of nitrogens with zero attached hydrogens (tertiary/aromatic N) is 3. The van der Waals surface area contributed by atoms with Crippen molar-refractivity contribution in [3.63, 3.8) is 0 Å². The Balaban J connectivity index is 1.90. The fourth-order valence-corrected chi connectivity index (χ4v) is 4.42. The Labute approximate surface area is 134 Å². The van der Waals surface area contributed by atoms with E-state index >= 15 is 0 Å². The molecule has 0 aliphatic rings. The van der Waals surface area contributed by atoms with E-state index in [1.54, 1.807) is 23.1 Å². The van der Waals surface area contributed by atoms with Gasteiger partial charge in [-0.3, -0.25) is 0 Å². The third-order valence-corrected chi connectivity index (χ3v) is 5.08. The molecule has 1 aromatic carbocycles. The highest BCUT2D eigenvalue weighted by atomic mass is 79.9. The summed E-state index contributed by atoms with van der Waals surface area (Å²) in [6.07, 6.45) is 1.94. The Hall–Kier alpha value is -0.980. The molecule has 6 heteroatoms. The molecular weight excluding hydrogens is 354 g/mol. The first-order valence-electron chi connectivity index (χ1n) is 6.31. The summed E-state index contributed by atoms with van der Waals surface area (Å²) >= 11 is 6.74. The molecule has 0 saturated carbocycles. The monoisotopic (exact) mass is 365 g/mol. The molecule has 0 saturated heterocycles. The molecule has 0 fully saturated rings. The first kappa shape index (κ1) is 14.0. The summed E-state index contributed by atoms with van der Waals surface area (Å²) in [5, 5.41) is 0.939. The second-order valence-corrected chi connectivity index (χ2v) is 7.36. The third kappa shape index (κ3) is 3.19. The summed E-state index contributed by atoms with van der Waals surface area (Å²) in [7, 11) is 0. The van der Waals surface area contributed by atoms with Gasteiger partial charge < -0.3 is 0 Å². The highest BCUT2D eigenvalue weighted by Gasteiger charge is 2.08. The minimum atomic E-state index is 0.833. The number of para-hydroxylation sites is 1. The van der Waals surface area contributed by atoms with Crippen molar-refractivity contribution >= 4 is 49.2 Å². The first-order valence-corrected chi connectivity index (χ1v) is 8.74. The maximum atomic E-state index is 4.62. The summed E-state index contributed by atoms with van der Waals surface area (Å²) in [5.74, 6) is 0.880. The van der Waals surface area contributed by atoms with Crippen LogP contribution in [0.25, 0.3) is 10.2 Å². The van der Waals surface area contributed by atoms with Crippen molar-refractivity contribution in [2.75, 3.05) is 0 Å². The highest BCUT2D eigenvalue weighted by molar-refractivity contribution is 9.10. The standard InChI is InChI=1S/C14H12BrN3S2/c1-2-5-12-17-11(15)8-13(18-12)20-14-16-9-6-3-4-7-10(9)19-14/h3-4,6-8H,2,5H2,1H3. The number of halogens is 1. The predicted molar refractivity (Wildman–Crippen MR) is 87.5 cm³/mol. The zero-order chi connectivity index (χ0) is 13.9. The van der Waals surface area contributed by atoms with Gasteiger partial charge in [-0.05, 0) is 46.2 Å². The van der Waals surface area contributed by atoms with E-state index in [1.807, 2.05) is 24.3 Å². The quantitative estimate of drug-likeness (QED) is 0.612. The topological polar surface area (TPSA) is 38.7 Å². The Morgan fingerprint density at radius 1 is 1.20 bits per heavy atom. The Bertz CT molecular complexity index is 709. The van der Waals surface area contributed by atoms with Gasteiger partial charge in [0.1, 0.15) is 15.5 Å². The smallest absolute Gasteiger partial charge is 0.157 e. The molecule has 2 heterocycles. The molecule has 102 valence electrons. The van der Waals surface area contributed by atoms with E-state index in [1.165, 1.54) is 4.70 Å². The van der Waals surface area contributed by atoms with Gasteiger partial charge in [-0.25, -0.2) is 15.0 Å². The van der Waals surface area contributed by atoms with Crippen LogP contribution >= 0.6 is 39.0 Å². The molecule has 0 N–H and O–H groups in total. The molecule has 3 aromatic rings. The number of rotatable bonds is 4. The largest absolute Gasteiger partial charge is 0.229 e. The van der Waals surface area contributed by atoms with E-state index in [-0.39, 0.29) is 0 Å². The van der Waals surface area contributed by atoms with Crippen molar-refractivity contribution in [1.29, 1.82) is 0 Å². The van der Waals surface area contributed by atoms with Crippen LogP contribution in [0.15, 0.2) is 44.3 Å². The van der Waals surface area contributed by atoms with Crippen LogP contribution in [0.1, 0.15) is 19.2 Å². The second kappa shape index (κ2) is 6.20. The number of aryl methyl sites for hydroxylation is 1. The molecule has 0 unspecified atom stereocenters. The van der Waals surface area contributed by atoms with E-state index in [2.05, 4.69) is 43.9 Å².